The van der Waals surface area contributed by atoms with E-state index in [2.05, 4.69) is 238 Å². The van der Waals surface area contributed by atoms with Gasteiger partial charge in [-0.15, -0.1) is 0 Å². The summed E-state index contributed by atoms with van der Waals surface area (Å²) in [6, 6.07) is 97.5. The quantitative estimate of drug-likeness (QED) is 0.0468. The van der Waals surface area contributed by atoms with Crippen LogP contribution in [-0.4, -0.2) is 83.3 Å². The molecular weight excluding hydrogens is 1250 g/mol. The molecule has 0 fully saturated rings. The maximum atomic E-state index is 5.81. The zero-order valence-electron chi connectivity index (χ0n) is 58.6. The molecule has 0 atom stereocenters. The molecule has 0 bridgehead atoms. The Hall–Kier alpha value is -11.1. The Morgan fingerprint density at radius 3 is 0.545 bits per heavy atom. The van der Waals surface area contributed by atoms with Gasteiger partial charge in [0.2, 0.25) is 0 Å². The lowest BCUT2D eigenvalue weighted by molar-refractivity contribution is 0.202. The van der Waals surface area contributed by atoms with Crippen LogP contribution in [0.15, 0.2) is 267 Å². The SMILES string of the molecule is COCCc1ccc(N(c2ccc(OC)cc2)c2ccc3c(c2)C2(c4cc(N(c5ccc(CCOC)cc5)c5ccc(OC)cc5)ccc4-3)c3cc(N(c4ccc(CCOC)cc4)c4ccc(OC)cc4)ccc3-c3ccc(N(c4ccc(CCOC)cc4)c4ccc(OC)cc4)cc32)cc1. The van der Waals surface area contributed by atoms with Gasteiger partial charge in [-0.3, -0.25) is 0 Å². The van der Waals surface area contributed by atoms with Gasteiger partial charge in [-0.1, -0.05) is 72.8 Å². The molecule has 2 aliphatic rings. The Bertz CT molecular complexity index is 4180. The van der Waals surface area contributed by atoms with Crippen LogP contribution in [0.5, 0.6) is 23.0 Å². The van der Waals surface area contributed by atoms with Crippen molar-refractivity contribution in [2.24, 2.45) is 0 Å². The van der Waals surface area contributed by atoms with Crippen LogP contribution in [0.3, 0.4) is 0 Å². The van der Waals surface area contributed by atoms with Crippen LogP contribution in [0, 0.1) is 0 Å². The highest BCUT2D eigenvalue weighted by atomic mass is 16.5. The zero-order valence-corrected chi connectivity index (χ0v) is 58.6. The molecule has 0 saturated heterocycles. The topological polar surface area (TPSA) is 86.8 Å². The number of benzene rings is 12. The summed E-state index contributed by atoms with van der Waals surface area (Å²) >= 11 is 0. The summed E-state index contributed by atoms with van der Waals surface area (Å²) in [4.78, 5) is 9.49. The van der Waals surface area contributed by atoms with Gasteiger partial charge in [-0.05, 0) is 287 Å². The standard InChI is InChI=1S/C89H84N4O8/c1-94-53-49-61-9-17-65(18-10-61)90(69-25-37-77(98-5)38-26-69)73-33-45-81-82-46-34-74(91(70-27-39-78(99-6)40-28-70)66-19-11-62(12-20-66)50-54-95-2)58-86(82)89(85(81)57-73)87-59-75(92(71-29-41-79(100-7)42-30-71)67-21-13-63(14-22-67)51-55-96-3)35-47-83(87)84-48-36-76(60-88(84)89)93(72-31-43-80(101-8)44-32-72)68-23-15-64(16-24-68)52-56-97-4/h9-48,57-60H,49-56H2,1-8H3. The Morgan fingerprint density at radius 2 is 0.376 bits per heavy atom. The number of anilines is 12. The summed E-state index contributed by atoms with van der Waals surface area (Å²) in [7, 11) is 13.9. The van der Waals surface area contributed by atoms with Crippen molar-refractivity contribution in [1.82, 2.24) is 0 Å². The van der Waals surface area contributed by atoms with E-state index in [0.29, 0.717) is 26.4 Å². The van der Waals surface area contributed by atoms with E-state index in [0.717, 1.165) is 161 Å². The largest absolute Gasteiger partial charge is 0.497 e. The van der Waals surface area contributed by atoms with Crippen LogP contribution in [-0.2, 0) is 50.0 Å². The molecule has 101 heavy (non-hydrogen) atoms. The first-order valence-electron chi connectivity index (χ1n) is 34.4. The molecule has 508 valence electrons. The molecule has 2 aliphatic carbocycles. The fourth-order valence-corrected chi connectivity index (χ4v) is 14.6. The minimum Gasteiger partial charge on any atom is -0.497 e. The summed E-state index contributed by atoms with van der Waals surface area (Å²) in [6.45, 7) is 2.50. The van der Waals surface area contributed by atoms with Crippen LogP contribution in [0.4, 0.5) is 68.2 Å². The third kappa shape index (κ3) is 13.3. The summed E-state index contributed by atoms with van der Waals surface area (Å²) in [5.74, 6) is 3.10. The third-order valence-electron chi connectivity index (χ3n) is 19.7. The maximum Gasteiger partial charge on any atom is 0.119 e. The number of methoxy groups -OCH3 is 8. The molecule has 0 amide bonds. The van der Waals surface area contributed by atoms with E-state index in [4.69, 9.17) is 37.9 Å². The number of rotatable bonds is 28. The molecule has 12 nitrogen and oxygen atoms in total. The Labute approximate surface area is 593 Å². The lowest BCUT2D eigenvalue weighted by Crippen LogP contribution is -2.27. The highest BCUT2D eigenvalue weighted by Gasteiger charge is 2.53. The minimum absolute atomic E-state index is 0.625. The second-order valence-electron chi connectivity index (χ2n) is 25.4. The van der Waals surface area contributed by atoms with Crippen LogP contribution in [0.25, 0.3) is 22.3 Å². The van der Waals surface area contributed by atoms with Crippen molar-refractivity contribution in [1.29, 1.82) is 0 Å². The van der Waals surface area contributed by atoms with E-state index in [1.165, 1.54) is 22.3 Å². The Morgan fingerprint density at radius 1 is 0.208 bits per heavy atom. The average Bonchev–Trinajstić information content (AvgIpc) is 1.50. The molecule has 12 aromatic carbocycles. The van der Waals surface area contributed by atoms with E-state index in [9.17, 15) is 0 Å². The highest BCUT2D eigenvalue weighted by Crippen LogP contribution is 2.66. The predicted octanol–water partition coefficient (Wildman–Crippen LogP) is 20.7. The van der Waals surface area contributed by atoms with Crippen LogP contribution in [0.2, 0.25) is 0 Å². The average molecular weight is 1340 g/mol. The first-order chi connectivity index (χ1) is 49.7. The molecule has 0 N–H and O–H groups in total. The van der Waals surface area contributed by atoms with Crippen molar-refractivity contribution < 1.29 is 37.9 Å². The second kappa shape index (κ2) is 30.2. The first-order valence-corrected chi connectivity index (χ1v) is 34.4. The van der Waals surface area contributed by atoms with Gasteiger partial charge in [0.15, 0.2) is 0 Å². The lowest BCUT2D eigenvalue weighted by atomic mass is 9.70. The van der Waals surface area contributed by atoms with Gasteiger partial charge < -0.3 is 57.5 Å². The molecular formula is C89H84N4O8. The number of fused-ring (bicyclic) bond motifs is 10. The van der Waals surface area contributed by atoms with Crippen molar-refractivity contribution in [2.45, 2.75) is 31.1 Å². The number of nitrogens with zero attached hydrogens (tertiary/aromatic N) is 4. The molecule has 0 heterocycles. The minimum atomic E-state index is -0.996. The second-order valence-corrected chi connectivity index (χ2v) is 25.4. The molecule has 0 radical (unpaired) electrons. The molecule has 12 heteroatoms. The first kappa shape index (κ1) is 67.1. The van der Waals surface area contributed by atoms with E-state index in [-0.39, 0.29) is 0 Å². The molecule has 0 saturated carbocycles. The van der Waals surface area contributed by atoms with Crippen LogP contribution >= 0.6 is 0 Å². The van der Waals surface area contributed by atoms with Crippen LogP contribution < -0.4 is 38.5 Å². The Kier molecular flexibility index (Phi) is 20.0. The highest BCUT2D eigenvalue weighted by molar-refractivity contribution is 6.00. The van der Waals surface area contributed by atoms with Gasteiger partial charge in [0.05, 0.1) is 60.3 Å². The third-order valence-corrected chi connectivity index (χ3v) is 19.7. The maximum absolute atomic E-state index is 5.81. The van der Waals surface area contributed by atoms with Crippen molar-refractivity contribution in [2.75, 3.05) is 103 Å². The predicted molar refractivity (Wildman–Crippen MR) is 410 cm³/mol. The van der Waals surface area contributed by atoms with Gasteiger partial charge in [-0.2, -0.15) is 0 Å². The number of hydrogen-bond donors (Lipinski definition) is 0. The zero-order chi connectivity index (χ0) is 69.4. The van der Waals surface area contributed by atoms with E-state index >= 15 is 0 Å². The smallest absolute Gasteiger partial charge is 0.119 e. The molecule has 14 rings (SSSR count). The monoisotopic (exact) mass is 1340 g/mol. The summed E-state index contributed by atoms with van der Waals surface area (Å²) in [5, 5.41) is 0. The van der Waals surface area contributed by atoms with Crippen LogP contribution in [0.1, 0.15) is 44.5 Å². The van der Waals surface area contributed by atoms with Gasteiger partial charge in [-0.25, -0.2) is 0 Å². The fourth-order valence-electron chi connectivity index (χ4n) is 14.6. The van der Waals surface area contributed by atoms with E-state index < -0.39 is 5.41 Å². The van der Waals surface area contributed by atoms with Crippen molar-refractivity contribution in [3.05, 3.63) is 311 Å². The Balaban J connectivity index is 1.08. The summed E-state index contributed by atoms with van der Waals surface area (Å²) in [5.41, 5.74) is 24.8. The van der Waals surface area contributed by atoms with Gasteiger partial charge in [0.1, 0.15) is 23.0 Å². The lowest BCUT2D eigenvalue weighted by Gasteiger charge is -2.35. The van der Waals surface area contributed by atoms with Gasteiger partial charge in [0.25, 0.3) is 0 Å². The van der Waals surface area contributed by atoms with Crippen molar-refractivity contribution >= 4 is 68.2 Å². The molecule has 0 unspecified atom stereocenters. The number of ether oxygens (including phenoxy) is 8. The van der Waals surface area contributed by atoms with E-state index in [1.54, 1.807) is 56.9 Å². The molecule has 0 aromatic heterocycles. The molecule has 1 spiro atoms. The van der Waals surface area contributed by atoms with Gasteiger partial charge >= 0.3 is 0 Å². The fraction of sp³-hybridized carbons (Fsp3) is 0.191. The summed E-state index contributed by atoms with van der Waals surface area (Å²) < 4.78 is 45.5. The van der Waals surface area contributed by atoms with Gasteiger partial charge in [0, 0.05) is 96.7 Å². The van der Waals surface area contributed by atoms with E-state index in [1.807, 2.05) is 48.5 Å². The van der Waals surface area contributed by atoms with Crippen molar-refractivity contribution in [3.63, 3.8) is 0 Å². The molecule has 0 aliphatic heterocycles. The van der Waals surface area contributed by atoms with Crippen molar-refractivity contribution in [3.8, 4) is 45.3 Å². The summed E-state index contributed by atoms with van der Waals surface area (Å²) in [6.07, 6.45) is 3.18. The normalized spacial score (nSPS) is 12.1. The molecule has 12 aromatic rings. The number of hydrogen-bond acceptors (Lipinski definition) is 12.